The number of anilines is 1. The van der Waals surface area contributed by atoms with Crippen molar-refractivity contribution in [3.05, 3.63) is 30.3 Å². The minimum Gasteiger partial charge on any atom is -0.508 e. The van der Waals surface area contributed by atoms with E-state index in [4.69, 9.17) is 10.8 Å². The molecule has 0 aliphatic rings. The molecule has 0 spiro atoms. The molecule has 13 heavy (non-hydrogen) atoms. The Hall–Kier alpha value is -1.29. The summed E-state index contributed by atoms with van der Waals surface area (Å²) >= 11 is 0. The minimum atomic E-state index is 0. The quantitative estimate of drug-likeness (QED) is 0.742. The number of pyridine rings is 1. The Balaban J connectivity index is 0.000000845. The second-order valence-electron chi connectivity index (χ2n) is 2.61. The van der Waals surface area contributed by atoms with Gasteiger partial charge in [-0.3, -0.25) is 0 Å². The number of aromatic nitrogens is 1. The topological polar surface area (TPSA) is 59.1 Å². The van der Waals surface area contributed by atoms with Crippen molar-refractivity contribution in [2.75, 3.05) is 5.73 Å². The number of aromatic hydroxyl groups is 1. The fraction of sp³-hybridized carbons (Fsp3) is 0. The highest BCUT2D eigenvalue weighted by molar-refractivity contribution is 8.93. The van der Waals surface area contributed by atoms with E-state index >= 15 is 0 Å². The van der Waals surface area contributed by atoms with E-state index in [1.165, 1.54) is 0 Å². The number of benzene rings is 1. The standard InChI is InChI=1S/C9H8N2O.BrH/c10-9-4-1-6-5-7(12)2-3-8(6)11-9;/h1-5,12H,(H2,10,11);1H. The number of nitrogen functional groups attached to an aromatic ring is 1. The van der Waals surface area contributed by atoms with E-state index in [2.05, 4.69) is 4.98 Å². The van der Waals surface area contributed by atoms with Crippen molar-refractivity contribution in [2.45, 2.75) is 0 Å². The lowest BCUT2D eigenvalue weighted by atomic mass is 10.2. The van der Waals surface area contributed by atoms with Gasteiger partial charge in [0.2, 0.25) is 0 Å². The summed E-state index contributed by atoms with van der Waals surface area (Å²) in [6.07, 6.45) is 0. The first-order valence-corrected chi connectivity index (χ1v) is 3.61. The van der Waals surface area contributed by atoms with Crippen molar-refractivity contribution in [3.8, 4) is 5.75 Å². The molecule has 0 radical (unpaired) electrons. The Morgan fingerprint density at radius 2 is 1.92 bits per heavy atom. The van der Waals surface area contributed by atoms with Gasteiger partial charge < -0.3 is 10.8 Å². The average Bonchev–Trinajstić information content (AvgIpc) is 2.05. The van der Waals surface area contributed by atoms with Crippen molar-refractivity contribution in [1.29, 1.82) is 0 Å². The van der Waals surface area contributed by atoms with Gasteiger partial charge in [0.1, 0.15) is 11.6 Å². The highest BCUT2D eigenvalue weighted by Gasteiger charge is 1.95. The van der Waals surface area contributed by atoms with Crippen LogP contribution in [0.25, 0.3) is 10.9 Å². The lowest BCUT2D eigenvalue weighted by molar-refractivity contribution is 0.476. The van der Waals surface area contributed by atoms with E-state index in [-0.39, 0.29) is 22.7 Å². The first-order chi connectivity index (χ1) is 5.75. The summed E-state index contributed by atoms with van der Waals surface area (Å²) in [7, 11) is 0. The molecule has 0 atom stereocenters. The Morgan fingerprint density at radius 1 is 1.15 bits per heavy atom. The van der Waals surface area contributed by atoms with Gasteiger partial charge >= 0.3 is 0 Å². The van der Waals surface area contributed by atoms with Gasteiger partial charge in [0.25, 0.3) is 0 Å². The second-order valence-corrected chi connectivity index (χ2v) is 2.61. The molecule has 1 heterocycles. The number of phenols is 1. The van der Waals surface area contributed by atoms with Crippen LogP contribution in [0, 0.1) is 0 Å². The fourth-order valence-electron chi connectivity index (χ4n) is 1.13. The van der Waals surface area contributed by atoms with E-state index in [9.17, 15) is 0 Å². The fourth-order valence-corrected chi connectivity index (χ4v) is 1.13. The van der Waals surface area contributed by atoms with Crippen molar-refractivity contribution in [1.82, 2.24) is 4.98 Å². The van der Waals surface area contributed by atoms with Gasteiger partial charge in [-0.05, 0) is 30.3 Å². The molecule has 0 amide bonds. The maximum atomic E-state index is 9.14. The number of hydrogen-bond donors (Lipinski definition) is 2. The number of hydrogen-bond acceptors (Lipinski definition) is 3. The van der Waals surface area contributed by atoms with E-state index in [0.717, 1.165) is 10.9 Å². The van der Waals surface area contributed by atoms with Crippen LogP contribution in [0.4, 0.5) is 5.82 Å². The zero-order valence-corrected chi connectivity index (χ0v) is 8.48. The van der Waals surface area contributed by atoms with Gasteiger partial charge in [0.15, 0.2) is 0 Å². The molecule has 0 saturated heterocycles. The minimum absolute atomic E-state index is 0. The van der Waals surface area contributed by atoms with Gasteiger partial charge in [-0.2, -0.15) is 0 Å². The zero-order valence-electron chi connectivity index (χ0n) is 6.77. The Labute approximate surface area is 86.0 Å². The number of phenolic OH excluding ortho intramolecular Hbond substituents is 1. The molecule has 0 fully saturated rings. The monoisotopic (exact) mass is 240 g/mol. The molecule has 2 aromatic rings. The van der Waals surface area contributed by atoms with Crippen molar-refractivity contribution >= 4 is 33.7 Å². The molecule has 0 bridgehead atoms. The number of nitrogens with two attached hydrogens (primary N) is 1. The molecule has 0 saturated carbocycles. The predicted molar refractivity (Wildman–Crippen MR) is 58.1 cm³/mol. The molecule has 68 valence electrons. The van der Waals surface area contributed by atoms with Crippen molar-refractivity contribution in [2.24, 2.45) is 0 Å². The molecular weight excluding hydrogens is 232 g/mol. The van der Waals surface area contributed by atoms with Crippen LogP contribution in [0.5, 0.6) is 5.75 Å². The van der Waals surface area contributed by atoms with Crippen LogP contribution < -0.4 is 5.73 Å². The summed E-state index contributed by atoms with van der Waals surface area (Å²) in [6.45, 7) is 0. The molecule has 3 nitrogen and oxygen atoms in total. The normalized spacial score (nSPS) is 9.54. The third-order valence-electron chi connectivity index (χ3n) is 1.69. The first kappa shape index (κ1) is 9.80. The Morgan fingerprint density at radius 3 is 2.69 bits per heavy atom. The third kappa shape index (κ3) is 1.89. The van der Waals surface area contributed by atoms with E-state index in [1.54, 1.807) is 24.3 Å². The lowest BCUT2D eigenvalue weighted by Gasteiger charge is -1.98. The van der Waals surface area contributed by atoms with Gasteiger partial charge in [-0.25, -0.2) is 4.98 Å². The van der Waals surface area contributed by atoms with E-state index in [1.807, 2.05) is 6.07 Å². The predicted octanol–water partition coefficient (Wildman–Crippen LogP) is 2.10. The Kier molecular flexibility index (Phi) is 2.72. The summed E-state index contributed by atoms with van der Waals surface area (Å²) in [5.74, 6) is 0.738. The molecule has 1 aromatic carbocycles. The third-order valence-corrected chi connectivity index (χ3v) is 1.69. The van der Waals surface area contributed by atoms with Gasteiger partial charge in [-0.1, -0.05) is 0 Å². The second kappa shape index (κ2) is 3.62. The highest BCUT2D eigenvalue weighted by atomic mass is 79.9. The number of fused-ring (bicyclic) bond motifs is 1. The molecule has 1 aromatic heterocycles. The van der Waals surface area contributed by atoms with Crippen LogP contribution in [0.3, 0.4) is 0 Å². The maximum Gasteiger partial charge on any atom is 0.124 e. The van der Waals surface area contributed by atoms with Crippen LogP contribution in [0.2, 0.25) is 0 Å². The highest BCUT2D eigenvalue weighted by Crippen LogP contribution is 2.18. The summed E-state index contributed by atoms with van der Waals surface area (Å²) in [5, 5.41) is 10.0. The zero-order chi connectivity index (χ0) is 8.55. The van der Waals surface area contributed by atoms with Crippen LogP contribution in [-0.2, 0) is 0 Å². The van der Waals surface area contributed by atoms with Crippen LogP contribution in [-0.4, -0.2) is 10.1 Å². The van der Waals surface area contributed by atoms with Gasteiger partial charge in [0.05, 0.1) is 5.52 Å². The summed E-state index contributed by atoms with van der Waals surface area (Å²) < 4.78 is 0. The SMILES string of the molecule is Br.Nc1ccc2cc(O)ccc2n1. The van der Waals surface area contributed by atoms with Crippen LogP contribution >= 0.6 is 17.0 Å². The summed E-state index contributed by atoms with van der Waals surface area (Å²) in [4.78, 5) is 4.08. The first-order valence-electron chi connectivity index (χ1n) is 3.61. The molecule has 4 heteroatoms. The molecule has 2 rings (SSSR count). The molecule has 0 aliphatic heterocycles. The number of halogens is 1. The molecule has 3 N–H and O–H groups in total. The van der Waals surface area contributed by atoms with Crippen LogP contribution in [0.1, 0.15) is 0 Å². The molecule has 0 unspecified atom stereocenters. The van der Waals surface area contributed by atoms with Crippen molar-refractivity contribution < 1.29 is 5.11 Å². The van der Waals surface area contributed by atoms with Crippen molar-refractivity contribution in [3.63, 3.8) is 0 Å². The largest absolute Gasteiger partial charge is 0.508 e. The average molecular weight is 241 g/mol. The summed E-state index contributed by atoms with van der Waals surface area (Å²) in [6, 6.07) is 8.52. The molecular formula is C9H9BrN2O. The van der Waals surface area contributed by atoms with Crippen LogP contribution in [0.15, 0.2) is 30.3 Å². The van der Waals surface area contributed by atoms with Gasteiger partial charge in [-0.15, -0.1) is 17.0 Å². The Bertz CT molecular complexity index is 390. The lowest BCUT2D eigenvalue weighted by Crippen LogP contribution is -1.88. The number of rotatable bonds is 0. The summed E-state index contributed by atoms with van der Waals surface area (Å²) in [5.41, 5.74) is 6.29. The smallest absolute Gasteiger partial charge is 0.124 e. The van der Waals surface area contributed by atoms with Gasteiger partial charge in [0, 0.05) is 5.39 Å². The maximum absolute atomic E-state index is 9.14. The van der Waals surface area contributed by atoms with E-state index < -0.39 is 0 Å². The number of nitrogens with zero attached hydrogens (tertiary/aromatic N) is 1. The molecule has 0 aliphatic carbocycles. The van der Waals surface area contributed by atoms with E-state index in [0.29, 0.717) is 5.82 Å².